The maximum absolute atomic E-state index is 13.5. The van der Waals surface area contributed by atoms with Gasteiger partial charge in [-0.2, -0.15) is 13.2 Å². The van der Waals surface area contributed by atoms with Crippen LogP contribution in [0, 0.1) is 11.8 Å². The molecule has 1 fully saturated rings. The quantitative estimate of drug-likeness (QED) is 0.402. The maximum Gasteiger partial charge on any atom is 0.471 e. The van der Waals surface area contributed by atoms with Gasteiger partial charge in [0.25, 0.3) is 15.9 Å². The summed E-state index contributed by atoms with van der Waals surface area (Å²) in [6.45, 7) is 3.72. The number of fused-ring (bicyclic) bond motifs is 4. The summed E-state index contributed by atoms with van der Waals surface area (Å²) in [5.74, 6) is -2.98. The first-order valence-corrected chi connectivity index (χ1v) is 17.5. The highest BCUT2D eigenvalue weighted by atomic mass is 35.5. The highest BCUT2D eigenvalue weighted by molar-refractivity contribution is 7.90. The minimum absolute atomic E-state index is 0.139. The number of rotatable bonds is 1. The van der Waals surface area contributed by atoms with Gasteiger partial charge in [-0.15, -0.1) is 0 Å². The van der Waals surface area contributed by atoms with Gasteiger partial charge in [0.1, 0.15) is 11.4 Å². The number of hydrogen-bond acceptors (Lipinski definition) is 7. The van der Waals surface area contributed by atoms with Gasteiger partial charge in [-0.1, -0.05) is 29.8 Å². The molecular formula is C33H37ClF3N3O6S. The largest absolute Gasteiger partial charge is 0.490 e. The van der Waals surface area contributed by atoms with Gasteiger partial charge in [0.15, 0.2) is 0 Å². The predicted molar refractivity (Wildman–Crippen MR) is 169 cm³/mol. The van der Waals surface area contributed by atoms with E-state index in [9.17, 15) is 31.2 Å². The van der Waals surface area contributed by atoms with Crippen LogP contribution in [0.15, 0.2) is 53.4 Å². The van der Waals surface area contributed by atoms with Crippen molar-refractivity contribution in [3.8, 4) is 5.75 Å². The molecule has 14 heteroatoms. The average molecular weight is 696 g/mol. The Kier molecular flexibility index (Phi) is 8.80. The summed E-state index contributed by atoms with van der Waals surface area (Å²) in [5.41, 5.74) is 0.625. The van der Waals surface area contributed by atoms with Gasteiger partial charge in [-0.25, -0.2) is 13.1 Å². The SMILES string of the molecule is CC1(C)OC/C=C\[C@H](NC(=O)C(F)(F)F)[C@@H]2CC[C@H]2CN2C[C@@]3(CCCc4cc(Cl)ccc43)COc3ccc(cc32)S(=O)(=O)NC1=O. The van der Waals surface area contributed by atoms with E-state index in [1.54, 1.807) is 6.07 Å². The average Bonchev–Trinajstić information content (AvgIpc) is 3.13. The molecule has 2 bridgehead atoms. The second-order valence-corrected chi connectivity index (χ2v) is 15.5. The third-order valence-corrected chi connectivity index (χ3v) is 11.5. The van der Waals surface area contributed by atoms with E-state index in [1.807, 2.05) is 18.2 Å². The van der Waals surface area contributed by atoms with E-state index in [4.69, 9.17) is 21.1 Å². The standard InChI is InChI=1S/C33H37ClF3N3O6S/c1-31(2)29(41)39-47(43,44)23-9-12-28-27(16-23)40(18-32(19-45-28)13-3-5-20-15-22(34)8-11-25(20)32)17-21-7-10-24(21)26(6-4-14-46-31)38-30(42)33(35,36)37/h4,6,8-9,11-12,15-16,21,24,26H,3,5,7,10,13-14,17-19H2,1-2H3,(H,38,42)(H,39,41)/b6-4-/t21-,24+,26-,32-/m0/s1. The van der Waals surface area contributed by atoms with E-state index >= 15 is 0 Å². The molecule has 1 spiro atoms. The summed E-state index contributed by atoms with van der Waals surface area (Å²) in [4.78, 5) is 27.1. The van der Waals surface area contributed by atoms with Crippen LogP contribution >= 0.6 is 11.6 Å². The fraction of sp³-hybridized carbons (Fsp3) is 0.515. The van der Waals surface area contributed by atoms with Gasteiger partial charge in [0.05, 0.1) is 29.8 Å². The van der Waals surface area contributed by atoms with Crippen molar-refractivity contribution in [2.24, 2.45) is 11.8 Å². The summed E-state index contributed by atoms with van der Waals surface area (Å²) < 4.78 is 81.3. The Bertz CT molecular complexity index is 1720. The highest BCUT2D eigenvalue weighted by Gasteiger charge is 2.46. The number of alkyl halides is 3. The third-order valence-electron chi connectivity index (χ3n) is 9.92. The van der Waals surface area contributed by atoms with Gasteiger partial charge in [-0.05, 0) is 99.2 Å². The first kappa shape index (κ1) is 33.6. The first-order chi connectivity index (χ1) is 22.1. The number of amides is 2. The zero-order chi connectivity index (χ0) is 33.8. The van der Waals surface area contributed by atoms with Crippen LogP contribution in [0.1, 0.15) is 50.7 Å². The summed E-state index contributed by atoms with van der Waals surface area (Å²) in [6.07, 6.45) is 1.65. The molecule has 2 aromatic carbocycles. The zero-order valence-corrected chi connectivity index (χ0v) is 27.6. The molecule has 9 nitrogen and oxygen atoms in total. The number of ether oxygens (including phenoxy) is 2. The molecule has 2 amide bonds. The number of carbonyl (C=O) groups excluding carboxylic acids is 2. The Labute approximate surface area is 276 Å². The molecule has 1 saturated carbocycles. The van der Waals surface area contributed by atoms with Crippen molar-refractivity contribution in [2.45, 2.75) is 74.1 Å². The Balaban J connectivity index is 1.44. The van der Waals surface area contributed by atoms with Crippen molar-refractivity contribution in [2.75, 3.05) is 31.2 Å². The molecule has 4 atom stereocenters. The van der Waals surface area contributed by atoms with E-state index < -0.39 is 45.1 Å². The van der Waals surface area contributed by atoms with E-state index in [-0.39, 0.29) is 23.3 Å². The molecule has 0 aromatic heterocycles. The molecule has 254 valence electrons. The third kappa shape index (κ3) is 6.71. The molecule has 2 aliphatic carbocycles. The molecule has 2 aromatic rings. The molecule has 6 rings (SSSR count). The lowest BCUT2D eigenvalue weighted by atomic mass is 9.68. The number of hydrogen-bond donors (Lipinski definition) is 2. The number of aryl methyl sites for hydroxylation is 1. The van der Waals surface area contributed by atoms with Gasteiger partial charge in [0.2, 0.25) is 0 Å². The Morgan fingerprint density at radius 1 is 1.15 bits per heavy atom. The summed E-state index contributed by atoms with van der Waals surface area (Å²) in [7, 11) is -4.32. The van der Waals surface area contributed by atoms with Gasteiger partial charge >= 0.3 is 12.1 Å². The van der Waals surface area contributed by atoms with Crippen LogP contribution in [-0.2, 0) is 36.2 Å². The summed E-state index contributed by atoms with van der Waals surface area (Å²) in [6, 6.07) is 9.31. The van der Waals surface area contributed by atoms with Crippen molar-refractivity contribution in [3.05, 3.63) is 64.7 Å². The number of benzene rings is 2. The molecule has 2 aliphatic heterocycles. The second-order valence-electron chi connectivity index (χ2n) is 13.4. The van der Waals surface area contributed by atoms with Gasteiger partial charge in [0, 0.05) is 23.5 Å². The van der Waals surface area contributed by atoms with Crippen molar-refractivity contribution < 1.29 is 40.7 Å². The smallest absolute Gasteiger partial charge is 0.471 e. The van der Waals surface area contributed by atoms with Gasteiger partial charge in [-0.3, -0.25) is 9.59 Å². The van der Waals surface area contributed by atoms with Crippen molar-refractivity contribution >= 4 is 39.1 Å². The van der Waals surface area contributed by atoms with E-state index in [0.717, 1.165) is 30.4 Å². The highest BCUT2D eigenvalue weighted by Crippen LogP contribution is 2.47. The van der Waals surface area contributed by atoms with Crippen LogP contribution in [0.2, 0.25) is 5.02 Å². The lowest BCUT2D eigenvalue weighted by Crippen LogP contribution is -2.53. The zero-order valence-electron chi connectivity index (χ0n) is 26.0. The molecule has 2 N–H and O–H groups in total. The monoisotopic (exact) mass is 695 g/mol. The van der Waals surface area contributed by atoms with Crippen LogP contribution in [0.5, 0.6) is 5.75 Å². The van der Waals surface area contributed by atoms with Crippen LogP contribution < -0.4 is 19.7 Å². The molecule has 0 radical (unpaired) electrons. The maximum atomic E-state index is 13.5. The molecular weight excluding hydrogens is 659 g/mol. The van der Waals surface area contributed by atoms with Crippen molar-refractivity contribution in [1.29, 1.82) is 0 Å². The topological polar surface area (TPSA) is 114 Å². The fourth-order valence-corrected chi connectivity index (χ4v) is 8.51. The second kappa shape index (κ2) is 12.3. The minimum atomic E-state index is -5.06. The Hall–Kier alpha value is -3.29. The van der Waals surface area contributed by atoms with Crippen LogP contribution in [0.25, 0.3) is 0 Å². The number of nitrogens with zero attached hydrogens (tertiary/aromatic N) is 1. The van der Waals surface area contributed by atoms with E-state index in [0.29, 0.717) is 49.0 Å². The first-order valence-electron chi connectivity index (χ1n) is 15.6. The Morgan fingerprint density at radius 2 is 1.94 bits per heavy atom. The molecule has 47 heavy (non-hydrogen) atoms. The van der Waals surface area contributed by atoms with Crippen LogP contribution in [0.3, 0.4) is 0 Å². The summed E-state index contributed by atoms with van der Waals surface area (Å²) in [5, 5.41) is 2.79. The lowest BCUT2D eigenvalue weighted by Gasteiger charge is -2.46. The molecule has 2 heterocycles. The number of carbonyl (C=O) groups is 2. The normalized spacial score (nSPS) is 29.2. The van der Waals surface area contributed by atoms with Crippen LogP contribution in [0.4, 0.5) is 18.9 Å². The van der Waals surface area contributed by atoms with Crippen molar-refractivity contribution in [3.63, 3.8) is 0 Å². The number of halogens is 4. The number of nitrogens with one attached hydrogen (secondary N) is 2. The van der Waals surface area contributed by atoms with Gasteiger partial charge < -0.3 is 19.7 Å². The van der Waals surface area contributed by atoms with Crippen molar-refractivity contribution in [1.82, 2.24) is 10.0 Å². The summed E-state index contributed by atoms with van der Waals surface area (Å²) >= 11 is 6.35. The minimum Gasteiger partial charge on any atom is -0.490 e. The molecule has 4 aliphatic rings. The van der Waals surface area contributed by atoms with E-state index in [2.05, 4.69) is 14.9 Å². The number of anilines is 1. The Morgan fingerprint density at radius 3 is 2.66 bits per heavy atom. The fourth-order valence-electron chi connectivity index (χ4n) is 7.20. The predicted octanol–water partition coefficient (Wildman–Crippen LogP) is 5.06. The lowest BCUT2D eigenvalue weighted by molar-refractivity contribution is -0.174. The number of sulfonamides is 1. The van der Waals surface area contributed by atoms with Crippen LogP contribution in [-0.4, -0.2) is 64.4 Å². The van der Waals surface area contributed by atoms with E-state index in [1.165, 1.54) is 38.1 Å². The molecule has 0 unspecified atom stereocenters. The molecule has 0 saturated heterocycles.